The molecule has 0 spiro atoms. The maximum Gasteiger partial charge on any atom is 0.338 e. The molecule has 10 nitrogen and oxygen atoms in total. The second kappa shape index (κ2) is 9.75. The number of aromatic carboxylic acids is 1. The van der Waals surface area contributed by atoms with Gasteiger partial charge < -0.3 is 39.4 Å². The van der Waals surface area contributed by atoms with Crippen molar-refractivity contribution in [3.8, 4) is 11.5 Å². The molecule has 0 radical (unpaired) electrons. The topological polar surface area (TPSA) is 152 Å². The molecule has 3 rings (SSSR count). The van der Waals surface area contributed by atoms with Crippen molar-refractivity contribution in [3.05, 3.63) is 59.7 Å². The van der Waals surface area contributed by atoms with E-state index in [1.165, 1.54) is 25.3 Å². The lowest BCUT2D eigenvalue weighted by molar-refractivity contribution is -0.277. The number of carbonyl (C=O) groups is 2. The lowest BCUT2D eigenvalue weighted by Gasteiger charge is -2.40. The van der Waals surface area contributed by atoms with E-state index in [2.05, 4.69) is 0 Å². The average molecular weight is 434 g/mol. The average Bonchev–Trinajstić information content (AvgIpc) is 2.79. The van der Waals surface area contributed by atoms with Crippen molar-refractivity contribution >= 4 is 11.9 Å². The van der Waals surface area contributed by atoms with Gasteiger partial charge in [-0.1, -0.05) is 18.2 Å². The van der Waals surface area contributed by atoms with Gasteiger partial charge in [-0.05, 0) is 30.3 Å². The highest BCUT2D eigenvalue weighted by atomic mass is 16.7. The second-order valence-corrected chi connectivity index (χ2v) is 6.77. The van der Waals surface area contributed by atoms with Crippen LogP contribution >= 0.6 is 0 Å². The van der Waals surface area contributed by atoms with Crippen LogP contribution in [0.5, 0.6) is 11.5 Å². The predicted octanol–water partition coefficient (Wildman–Crippen LogP) is 0.437. The molecule has 2 aromatic carbocycles. The number of methoxy groups -OCH3 is 1. The number of carboxylic acid groups (broad SMARTS) is 1. The van der Waals surface area contributed by atoms with Crippen molar-refractivity contribution in [2.75, 3.05) is 13.7 Å². The summed E-state index contributed by atoms with van der Waals surface area (Å²) in [6.07, 6.45) is -7.48. The number of carbonyl (C=O) groups excluding carboxylic acids is 1. The molecule has 0 unspecified atom stereocenters. The lowest BCUT2D eigenvalue weighted by atomic mass is 9.99. The number of carboxylic acids is 1. The van der Waals surface area contributed by atoms with Crippen molar-refractivity contribution in [2.45, 2.75) is 30.7 Å². The fourth-order valence-corrected chi connectivity index (χ4v) is 2.99. The number of hydrogen-bond acceptors (Lipinski definition) is 9. The van der Waals surface area contributed by atoms with Crippen molar-refractivity contribution < 1.29 is 49.0 Å². The smallest absolute Gasteiger partial charge is 0.338 e. The molecule has 1 saturated heterocycles. The van der Waals surface area contributed by atoms with Crippen LogP contribution in [0.4, 0.5) is 0 Å². The van der Waals surface area contributed by atoms with Gasteiger partial charge in [0, 0.05) is 0 Å². The Labute approximate surface area is 177 Å². The number of benzene rings is 2. The van der Waals surface area contributed by atoms with Gasteiger partial charge in [-0.25, -0.2) is 9.59 Å². The number of aliphatic hydroxyl groups excluding tert-OH is 3. The summed E-state index contributed by atoms with van der Waals surface area (Å²) in [7, 11) is 1.30. The Bertz CT molecular complexity index is 916. The number of rotatable bonds is 7. The third kappa shape index (κ3) is 5.12. The zero-order valence-corrected chi connectivity index (χ0v) is 16.5. The first-order chi connectivity index (χ1) is 14.8. The van der Waals surface area contributed by atoms with E-state index in [0.717, 1.165) is 0 Å². The van der Waals surface area contributed by atoms with Crippen molar-refractivity contribution in [2.24, 2.45) is 0 Å². The second-order valence-electron chi connectivity index (χ2n) is 6.77. The number of ether oxygens (including phenoxy) is 4. The highest BCUT2D eigenvalue weighted by molar-refractivity contribution is 5.89. The summed E-state index contributed by atoms with van der Waals surface area (Å²) in [6, 6.07) is 12.0. The minimum absolute atomic E-state index is 0.0418. The Morgan fingerprint density at radius 3 is 2.29 bits per heavy atom. The van der Waals surface area contributed by atoms with Gasteiger partial charge in [0.15, 0.2) is 11.5 Å². The van der Waals surface area contributed by atoms with Crippen molar-refractivity contribution in [1.82, 2.24) is 0 Å². The minimum atomic E-state index is -1.65. The first-order valence-electron chi connectivity index (χ1n) is 9.31. The lowest BCUT2D eigenvalue weighted by Crippen LogP contribution is -2.60. The summed E-state index contributed by atoms with van der Waals surface area (Å²) in [4.78, 5) is 23.2. The standard InChI is InChI=1S/C21H22O10/c1-28-14-9-12(19(25)26)7-8-13(14)30-21-18(24)17(23)16(22)15(31-21)10-29-20(27)11-5-3-2-4-6-11/h2-9,15-18,21-24H,10H2,1H3,(H,25,26)/t15-,16-,17+,18-,21-/m1/s1. The van der Waals surface area contributed by atoms with Crippen LogP contribution in [0.2, 0.25) is 0 Å². The van der Waals surface area contributed by atoms with Crippen LogP contribution in [0.15, 0.2) is 48.5 Å². The summed E-state index contributed by atoms with van der Waals surface area (Å²) >= 11 is 0. The van der Waals surface area contributed by atoms with E-state index in [1.54, 1.807) is 30.3 Å². The van der Waals surface area contributed by atoms with Crippen molar-refractivity contribution in [1.29, 1.82) is 0 Å². The van der Waals surface area contributed by atoms with Gasteiger partial charge in [0.2, 0.25) is 6.29 Å². The Morgan fingerprint density at radius 2 is 1.65 bits per heavy atom. The molecule has 31 heavy (non-hydrogen) atoms. The van der Waals surface area contributed by atoms with Gasteiger partial charge in [0.25, 0.3) is 0 Å². The molecule has 4 N–H and O–H groups in total. The summed E-state index contributed by atoms with van der Waals surface area (Å²) in [5, 5.41) is 39.7. The molecule has 0 aliphatic carbocycles. The molecular formula is C21H22O10. The molecular weight excluding hydrogens is 412 g/mol. The molecule has 0 amide bonds. The number of esters is 1. The highest BCUT2D eigenvalue weighted by Crippen LogP contribution is 2.32. The van der Waals surface area contributed by atoms with E-state index >= 15 is 0 Å². The summed E-state index contributed by atoms with van der Waals surface area (Å²) < 4.78 is 21.3. The van der Waals surface area contributed by atoms with E-state index in [1.807, 2.05) is 0 Å². The van der Waals surface area contributed by atoms with E-state index in [-0.39, 0.29) is 17.1 Å². The molecule has 5 atom stereocenters. The SMILES string of the molecule is COc1cc(C(=O)O)ccc1O[C@@H]1O[C@H](COC(=O)c2ccccc2)[C@@H](O)[C@H](O)[C@H]1O. The van der Waals surface area contributed by atoms with Crippen LogP contribution in [0, 0.1) is 0 Å². The Hall–Kier alpha value is -3.18. The first kappa shape index (κ1) is 22.5. The van der Waals surface area contributed by atoms with Crippen LogP contribution in [-0.2, 0) is 9.47 Å². The summed E-state index contributed by atoms with van der Waals surface area (Å²) in [5.74, 6) is -1.72. The number of hydrogen-bond donors (Lipinski definition) is 4. The van der Waals surface area contributed by atoms with Crippen LogP contribution in [0.3, 0.4) is 0 Å². The summed E-state index contributed by atoms with van der Waals surface area (Å²) in [5.41, 5.74) is 0.250. The van der Waals surface area contributed by atoms with Crippen LogP contribution in [0.25, 0.3) is 0 Å². The van der Waals surface area contributed by atoms with Gasteiger partial charge >= 0.3 is 11.9 Å². The number of aliphatic hydroxyl groups is 3. The fraction of sp³-hybridized carbons (Fsp3) is 0.333. The predicted molar refractivity (Wildman–Crippen MR) is 104 cm³/mol. The van der Waals surface area contributed by atoms with E-state index < -0.39 is 49.3 Å². The third-order valence-corrected chi connectivity index (χ3v) is 4.71. The molecule has 0 aromatic heterocycles. The van der Waals surface area contributed by atoms with E-state index in [9.17, 15) is 24.9 Å². The molecule has 166 valence electrons. The zero-order valence-electron chi connectivity index (χ0n) is 16.5. The van der Waals surface area contributed by atoms with Gasteiger partial charge in [-0.3, -0.25) is 0 Å². The van der Waals surface area contributed by atoms with Crippen LogP contribution < -0.4 is 9.47 Å². The van der Waals surface area contributed by atoms with E-state index in [4.69, 9.17) is 24.1 Å². The fourth-order valence-electron chi connectivity index (χ4n) is 2.99. The van der Waals surface area contributed by atoms with E-state index in [0.29, 0.717) is 5.56 Å². The molecule has 1 aliphatic heterocycles. The molecule has 10 heteroatoms. The third-order valence-electron chi connectivity index (χ3n) is 4.71. The van der Waals surface area contributed by atoms with Gasteiger partial charge in [0.1, 0.15) is 31.0 Å². The zero-order chi connectivity index (χ0) is 22.5. The monoisotopic (exact) mass is 434 g/mol. The maximum absolute atomic E-state index is 12.1. The molecule has 2 aromatic rings. The van der Waals surface area contributed by atoms with Gasteiger partial charge in [-0.2, -0.15) is 0 Å². The molecule has 0 saturated carbocycles. The van der Waals surface area contributed by atoms with Gasteiger partial charge in [-0.15, -0.1) is 0 Å². The van der Waals surface area contributed by atoms with Crippen molar-refractivity contribution in [3.63, 3.8) is 0 Å². The normalized spacial score (nSPS) is 25.5. The maximum atomic E-state index is 12.1. The summed E-state index contributed by atoms with van der Waals surface area (Å²) in [6.45, 7) is -0.409. The minimum Gasteiger partial charge on any atom is -0.493 e. The highest BCUT2D eigenvalue weighted by Gasteiger charge is 2.45. The van der Waals surface area contributed by atoms with Crippen LogP contribution in [0.1, 0.15) is 20.7 Å². The molecule has 1 heterocycles. The Kier molecular flexibility index (Phi) is 7.08. The Morgan fingerprint density at radius 1 is 0.935 bits per heavy atom. The van der Waals surface area contributed by atoms with Gasteiger partial charge in [0.05, 0.1) is 18.2 Å². The first-order valence-corrected chi connectivity index (χ1v) is 9.31. The van der Waals surface area contributed by atoms with Crippen LogP contribution in [-0.4, -0.2) is 76.8 Å². The molecule has 1 fully saturated rings. The molecule has 0 bridgehead atoms. The molecule has 1 aliphatic rings. The Balaban J connectivity index is 1.71. The largest absolute Gasteiger partial charge is 0.493 e. The quantitative estimate of drug-likeness (QED) is 0.452.